The van der Waals surface area contributed by atoms with Gasteiger partial charge in [-0.3, -0.25) is 0 Å². The van der Waals surface area contributed by atoms with Crippen molar-refractivity contribution >= 4 is 5.84 Å². The van der Waals surface area contributed by atoms with Crippen molar-refractivity contribution in [2.24, 2.45) is 10.9 Å². The third kappa shape index (κ3) is 3.63. The van der Waals surface area contributed by atoms with E-state index >= 15 is 0 Å². The fourth-order valence-electron chi connectivity index (χ4n) is 1.93. The lowest BCUT2D eigenvalue weighted by Crippen LogP contribution is -2.27. The van der Waals surface area contributed by atoms with Gasteiger partial charge in [-0.25, -0.2) is 0 Å². The Balaban J connectivity index is 1.90. The number of benzene rings is 1. The highest BCUT2D eigenvalue weighted by Crippen LogP contribution is 2.18. The quantitative estimate of drug-likeness (QED) is 0.368. The molecule has 3 N–H and O–H groups in total. The second-order valence-corrected chi connectivity index (χ2v) is 4.37. The number of hydrogen-bond acceptors (Lipinski definition) is 4. The number of nitrogens with two attached hydrogens (primary N) is 1. The van der Waals surface area contributed by atoms with Crippen molar-refractivity contribution in [2.45, 2.75) is 25.4 Å². The molecule has 1 unspecified atom stereocenters. The topological polar surface area (TPSA) is 77.1 Å². The van der Waals surface area contributed by atoms with Gasteiger partial charge in [0.15, 0.2) is 0 Å². The zero-order valence-corrected chi connectivity index (χ0v) is 10.2. The lowest BCUT2D eigenvalue weighted by atomic mass is 10.1. The van der Waals surface area contributed by atoms with Crippen LogP contribution in [-0.4, -0.2) is 30.4 Å². The summed E-state index contributed by atoms with van der Waals surface area (Å²) in [5.41, 5.74) is 6.43. The number of rotatable bonds is 4. The normalized spacial score (nSPS) is 20.7. The molecule has 1 saturated heterocycles. The fourth-order valence-corrected chi connectivity index (χ4v) is 1.93. The first-order valence-electron chi connectivity index (χ1n) is 6.07. The molecule has 0 amide bonds. The predicted octanol–water partition coefficient (Wildman–Crippen LogP) is 1.53. The zero-order valence-electron chi connectivity index (χ0n) is 10.2. The molecule has 18 heavy (non-hydrogen) atoms. The van der Waals surface area contributed by atoms with Crippen LogP contribution in [0.5, 0.6) is 5.75 Å². The molecule has 1 aliphatic heterocycles. The van der Waals surface area contributed by atoms with E-state index in [4.69, 9.17) is 20.4 Å². The van der Waals surface area contributed by atoms with Crippen molar-refractivity contribution in [3.63, 3.8) is 0 Å². The second-order valence-electron chi connectivity index (χ2n) is 4.37. The van der Waals surface area contributed by atoms with Crippen LogP contribution in [-0.2, 0) is 11.2 Å². The smallest absolute Gasteiger partial charge is 0.143 e. The summed E-state index contributed by atoms with van der Waals surface area (Å²) in [5, 5.41) is 11.4. The fraction of sp³-hybridized carbons (Fsp3) is 0.462. The summed E-state index contributed by atoms with van der Waals surface area (Å²) >= 11 is 0. The molecule has 2 rings (SSSR count). The van der Waals surface area contributed by atoms with Gasteiger partial charge in [-0.15, -0.1) is 0 Å². The highest BCUT2D eigenvalue weighted by Gasteiger charge is 2.15. The molecular weight excluding hydrogens is 232 g/mol. The molecule has 0 aliphatic carbocycles. The van der Waals surface area contributed by atoms with Crippen molar-refractivity contribution in [3.05, 3.63) is 29.8 Å². The summed E-state index contributed by atoms with van der Waals surface area (Å²) in [7, 11) is 0. The Morgan fingerprint density at radius 1 is 1.44 bits per heavy atom. The Hall–Kier alpha value is -1.75. The van der Waals surface area contributed by atoms with E-state index < -0.39 is 0 Å². The number of ether oxygens (including phenoxy) is 2. The molecule has 1 aromatic rings. The molecule has 5 heteroatoms. The summed E-state index contributed by atoms with van der Waals surface area (Å²) in [6, 6.07) is 7.62. The lowest BCUT2D eigenvalue weighted by molar-refractivity contribution is 0.00743. The van der Waals surface area contributed by atoms with Crippen LogP contribution in [0.1, 0.15) is 18.4 Å². The van der Waals surface area contributed by atoms with Crippen LogP contribution in [0.25, 0.3) is 0 Å². The number of oxime groups is 1. The van der Waals surface area contributed by atoms with E-state index in [0.717, 1.165) is 30.8 Å². The van der Waals surface area contributed by atoms with Crippen LogP contribution in [0.2, 0.25) is 0 Å². The average Bonchev–Trinajstić information content (AvgIpc) is 2.42. The molecule has 1 heterocycles. The average molecular weight is 250 g/mol. The number of hydrogen-bond donors (Lipinski definition) is 2. The van der Waals surface area contributed by atoms with E-state index in [1.165, 1.54) is 0 Å². The summed E-state index contributed by atoms with van der Waals surface area (Å²) in [5.74, 6) is 1.03. The van der Waals surface area contributed by atoms with Crippen molar-refractivity contribution < 1.29 is 14.7 Å². The van der Waals surface area contributed by atoms with Gasteiger partial charge in [0.25, 0.3) is 0 Å². The largest absolute Gasteiger partial charge is 0.488 e. The van der Waals surface area contributed by atoms with Gasteiger partial charge in [0, 0.05) is 13.0 Å². The zero-order chi connectivity index (χ0) is 12.8. The summed E-state index contributed by atoms with van der Waals surface area (Å²) in [4.78, 5) is 0. The molecule has 98 valence electrons. The summed E-state index contributed by atoms with van der Waals surface area (Å²) in [6.07, 6.45) is 2.66. The van der Waals surface area contributed by atoms with E-state index in [1.54, 1.807) is 0 Å². The van der Waals surface area contributed by atoms with Crippen LogP contribution < -0.4 is 10.5 Å². The molecule has 0 saturated carbocycles. The van der Waals surface area contributed by atoms with E-state index in [1.807, 2.05) is 24.3 Å². The van der Waals surface area contributed by atoms with E-state index in [0.29, 0.717) is 13.0 Å². The molecule has 5 nitrogen and oxygen atoms in total. The SMILES string of the molecule is N/C(Cc1ccc(OC2CCCOC2)cc1)=N/O. The van der Waals surface area contributed by atoms with E-state index in [-0.39, 0.29) is 11.9 Å². The third-order valence-electron chi connectivity index (χ3n) is 2.86. The molecule has 1 atom stereocenters. The highest BCUT2D eigenvalue weighted by atomic mass is 16.5. The van der Waals surface area contributed by atoms with Crippen molar-refractivity contribution in [2.75, 3.05) is 13.2 Å². The van der Waals surface area contributed by atoms with Gasteiger partial charge in [-0.05, 0) is 30.5 Å². The first kappa shape index (κ1) is 12.7. The maximum atomic E-state index is 8.49. The Kier molecular flexibility index (Phi) is 4.41. The molecule has 0 aromatic heterocycles. The second kappa shape index (κ2) is 6.26. The molecule has 1 aliphatic rings. The molecule has 0 bridgehead atoms. The van der Waals surface area contributed by atoms with Crippen molar-refractivity contribution in [1.82, 2.24) is 0 Å². The van der Waals surface area contributed by atoms with Gasteiger partial charge >= 0.3 is 0 Å². The third-order valence-corrected chi connectivity index (χ3v) is 2.86. The van der Waals surface area contributed by atoms with Crippen LogP contribution in [0, 0.1) is 0 Å². The van der Waals surface area contributed by atoms with Crippen molar-refractivity contribution in [1.29, 1.82) is 0 Å². The molecule has 1 fully saturated rings. The van der Waals surface area contributed by atoms with Gasteiger partial charge in [0.1, 0.15) is 17.7 Å². The van der Waals surface area contributed by atoms with Gasteiger partial charge in [0.05, 0.1) is 6.61 Å². The lowest BCUT2D eigenvalue weighted by Gasteiger charge is -2.23. The minimum absolute atomic E-state index is 0.147. The standard InChI is InChI=1S/C13H18N2O3/c14-13(15-16)8-10-3-5-11(6-4-10)18-12-2-1-7-17-9-12/h3-6,12,16H,1-2,7-9H2,(H2,14,15). The van der Waals surface area contributed by atoms with Crippen molar-refractivity contribution in [3.8, 4) is 5.75 Å². The highest BCUT2D eigenvalue weighted by molar-refractivity contribution is 5.82. The summed E-state index contributed by atoms with van der Waals surface area (Å²) in [6.45, 7) is 1.49. The predicted molar refractivity (Wildman–Crippen MR) is 68.0 cm³/mol. The van der Waals surface area contributed by atoms with Gasteiger partial charge in [-0.1, -0.05) is 17.3 Å². The minimum Gasteiger partial charge on any atom is -0.488 e. The molecule has 0 radical (unpaired) electrons. The van der Waals surface area contributed by atoms with Gasteiger partial charge < -0.3 is 20.4 Å². The first-order valence-corrected chi connectivity index (χ1v) is 6.07. The van der Waals surface area contributed by atoms with E-state index in [9.17, 15) is 0 Å². The van der Waals surface area contributed by atoms with Crippen LogP contribution in [0.4, 0.5) is 0 Å². The minimum atomic E-state index is 0.147. The number of nitrogens with zero attached hydrogens (tertiary/aromatic N) is 1. The first-order chi connectivity index (χ1) is 8.78. The monoisotopic (exact) mass is 250 g/mol. The Labute approximate surface area is 106 Å². The Morgan fingerprint density at radius 2 is 2.22 bits per heavy atom. The van der Waals surface area contributed by atoms with Gasteiger partial charge in [0.2, 0.25) is 0 Å². The Morgan fingerprint density at radius 3 is 2.83 bits per heavy atom. The molecule has 1 aromatic carbocycles. The maximum absolute atomic E-state index is 8.49. The maximum Gasteiger partial charge on any atom is 0.143 e. The van der Waals surface area contributed by atoms with Crippen LogP contribution >= 0.6 is 0 Å². The van der Waals surface area contributed by atoms with Gasteiger partial charge in [-0.2, -0.15) is 0 Å². The number of amidine groups is 1. The van der Waals surface area contributed by atoms with Crippen LogP contribution in [0.15, 0.2) is 29.4 Å². The Bertz CT molecular complexity index is 397. The molecular formula is C13H18N2O3. The van der Waals surface area contributed by atoms with Crippen LogP contribution in [0.3, 0.4) is 0 Å². The van der Waals surface area contributed by atoms with E-state index in [2.05, 4.69) is 5.16 Å². The molecule has 0 spiro atoms. The summed E-state index contributed by atoms with van der Waals surface area (Å²) < 4.78 is 11.2.